The minimum absolute atomic E-state index is 0.103. The quantitative estimate of drug-likeness (QED) is 0.565. The summed E-state index contributed by atoms with van der Waals surface area (Å²) in [5.41, 5.74) is 5.47. The molecule has 2 amide bonds. The molecule has 0 saturated carbocycles. The average Bonchev–Trinajstić information content (AvgIpc) is 2.39. The van der Waals surface area contributed by atoms with Crippen LogP contribution in [-0.4, -0.2) is 48.1 Å². The SMILES string of the molecule is COCCNC(=O)C(C)NC(=O)c1cnc(N)cn1. The molecule has 0 saturated heterocycles. The number of hydrogen-bond acceptors (Lipinski definition) is 6. The van der Waals surface area contributed by atoms with Gasteiger partial charge in [-0.2, -0.15) is 0 Å². The maximum atomic E-state index is 11.7. The molecule has 104 valence electrons. The second-order valence-electron chi connectivity index (χ2n) is 3.81. The molecule has 0 aliphatic rings. The third kappa shape index (κ3) is 4.88. The molecule has 0 aliphatic heterocycles. The van der Waals surface area contributed by atoms with E-state index in [0.717, 1.165) is 0 Å². The van der Waals surface area contributed by atoms with Gasteiger partial charge >= 0.3 is 0 Å². The van der Waals surface area contributed by atoms with E-state index in [4.69, 9.17) is 10.5 Å². The van der Waals surface area contributed by atoms with Crippen LogP contribution < -0.4 is 16.4 Å². The fraction of sp³-hybridized carbons (Fsp3) is 0.455. The lowest BCUT2D eigenvalue weighted by Crippen LogP contribution is -2.45. The normalized spacial score (nSPS) is 11.7. The lowest BCUT2D eigenvalue weighted by atomic mass is 10.3. The molecule has 1 rings (SSSR count). The van der Waals surface area contributed by atoms with Crippen molar-refractivity contribution in [2.45, 2.75) is 13.0 Å². The highest BCUT2D eigenvalue weighted by Crippen LogP contribution is 1.96. The minimum Gasteiger partial charge on any atom is -0.383 e. The Balaban J connectivity index is 2.47. The lowest BCUT2D eigenvalue weighted by Gasteiger charge is -2.13. The Morgan fingerprint density at radius 3 is 2.74 bits per heavy atom. The van der Waals surface area contributed by atoms with Gasteiger partial charge < -0.3 is 21.1 Å². The van der Waals surface area contributed by atoms with Crippen molar-refractivity contribution in [3.63, 3.8) is 0 Å². The van der Waals surface area contributed by atoms with Gasteiger partial charge in [0.05, 0.1) is 19.0 Å². The Bertz CT molecular complexity index is 434. The molecule has 1 atom stereocenters. The molecule has 1 aromatic heterocycles. The van der Waals surface area contributed by atoms with Crippen LogP contribution in [0.15, 0.2) is 12.4 Å². The van der Waals surface area contributed by atoms with Crippen LogP contribution in [0.4, 0.5) is 5.82 Å². The predicted molar refractivity (Wildman–Crippen MR) is 68.3 cm³/mol. The van der Waals surface area contributed by atoms with E-state index < -0.39 is 11.9 Å². The summed E-state index contributed by atoms with van der Waals surface area (Å²) < 4.78 is 4.80. The summed E-state index contributed by atoms with van der Waals surface area (Å²) in [6.07, 6.45) is 2.53. The van der Waals surface area contributed by atoms with E-state index in [0.29, 0.717) is 13.2 Å². The number of methoxy groups -OCH3 is 1. The number of anilines is 1. The molecule has 0 aromatic carbocycles. The second-order valence-corrected chi connectivity index (χ2v) is 3.81. The fourth-order valence-corrected chi connectivity index (χ4v) is 1.22. The Kier molecular flexibility index (Phi) is 5.68. The van der Waals surface area contributed by atoms with Gasteiger partial charge in [-0.15, -0.1) is 0 Å². The van der Waals surface area contributed by atoms with E-state index in [1.165, 1.54) is 19.5 Å². The van der Waals surface area contributed by atoms with Crippen LogP contribution in [0.2, 0.25) is 0 Å². The maximum Gasteiger partial charge on any atom is 0.272 e. The third-order valence-corrected chi connectivity index (χ3v) is 2.25. The number of nitrogen functional groups attached to an aromatic ring is 1. The highest BCUT2D eigenvalue weighted by atomic mass is 16.5. The largest absolute Gasteiger partial charge is 0.383 e. The van der Waals surface area contributed by atoms with Gasteiger partial charge in [0.15, 0.2) is 0 Å². The van der Waals surface area contributed by atoms with E-state index in [1.807, 2.05) is 0 Å². The van der Waals surface area contributed by atoms with E-state index in [1.54, 1.807) is 6.92 Å². The van der Waals surface area contributed by atoms with Crippen LogP contribution in [-0.2, 0) is 9.53 Å². The summed E-state index contributed by atoms with van der Waals surface area (Å²) in [6, 6.07) is -0.677. The molecule has 0 fully saturated rings. The van der Waals surface area contributed by atoms with Crippen molar-refractivity contribution in [3.05, 3.63) is 18.1 Å². The van der Waals surface area contributed by atoms with Gasteiger partial charge in [-0.1, -0.05) is 0 Å². The van der Waals surface area contributed by atoms with Crippen molar-refractivity contribution in [2.24, 2.45) is 0 Å². The van der Waals surface area contributed by atoms with Crippen LogP contribution in [0.3, 0.4) is 0 Å². The third-order valence-electron chi connectivity index (χ3n) is 2.25. The molecule has 0 radical (unpaired) electrons. The van der Waals surface area contributed by atoms with E-state index in [-0.39, 0.29) is 17.4 Å². The number of hydrogen-bond donors (Lipinski definition) is 3. The number of carbonyl (C=O) groups excluding carboxylic acids is 2. The van der Waals surface area contributed by atoms with Crippen LogP contribution in [0, 0.1) is 0 Å². The van der Waals surface area contributed by atoms with Gasteiger partial charge in [0, 0.05) is 13.7 Å². The first-order valence-electron chi connectivity index (χ1n) is 5.69. The van der Waals surface area contributed by atoms with Crippen molar-refractivity contribution in [3.8, 4) is 0 Å². The zero-order valence-electron chi connectivity index (χ0n) is 10.8. The molecule has 0 bridgehead atoms. The first-order valence-corrected chi connectivity index (χ1v) is 5.69. The first-order chi connectivity index (χ1) is 9.04. The zero-order valence-corrected chi connectivity index (χ0v) is 10.8. The molecule has 0 spiro atoms. The van der Waals surface area contributed by atoms with Crippen molar-refractivity contribution in [1.82, 2.24) is 20.6 Å². The summed E-state index contributed by atoms with van der Waals surface area (Å²) in [7, 11) is 1.54. The molecule has 19 heavy (non-hydrogen) atoms. The molecule has 1 aromatic rings. The number of rotatable bonds is 6. The standard InChI is InChI=1S/C11H17N5O3/c1-7(10(17)13-3-4-19-2)16-11(18)8-5-15-9(12)6-14-8/h5-7H,3-4H2,1-2H3,(H2,12,15)(H,13,17)(H,16,18). The predicted octanol–water partition coefficient (Wildman–Crippen LogP) is -1.06. The molecule has 1 unspecified atom stereocenters. The number of amides is 2. The van der Waals surface area contributed by atoms with Gasteiger partial charge in [0.25, 0.3) is 5.91 Å². The van der Waals surface area contributed by atoms with E-state index in [9.17, 15) is 9.59 Å². The Hall–Kier alpha value is -2.22. The number of ether oxygens (including phenoxy) is 1. The number of nitrogens with two attached hydrogens (primary N) is 1. The molecular formula is C11H17N5O3. The van der Waals surface area contributed by atoms with Crippen molar-refractivity contribution < 1.29 is 14.3 Å². The van der Waals surface area contributed by atoms with Crippen molar-refractivity contribution in [1.29, 1.82) is 0 Å². The second kappa shape index (κ2) is 7.27. The molecular weight excluding hydrogens is 250 g/mol. The molecule has 4 N–H and O–H groups in total. The molecule has 1 heterocycles. The summed E-state index contributed by atoms with van der Waals surface area (Å²) >= 11 is 0. The molecule has 8 heteroatoms. The number of nitrogens with zero attached hydrogens (tertiary/aromatic N) is 2. The topological polar surface area (TPSA) is 119 Å². The van der Waals surface area contributed by atoms with Crippen LogP contribution in [0.5, 0.6) is 0 Å². The van der Waals surface area contributed by atoms with Gasteiger partial charge in [-0.05, 0) is 6.92 Å². The number of aromatic nitrogens is 2. The molecule has 8 nitrogen and oxygen atoms in total. The highest BCUT2D eigenvalue weighted by Gasteiger charge is 2.17. The number of carbonyl (C=O) groups is 2. The monoisotopic (exact) mass is 267 g/mol. The number of nitrogens with one attached hydrogen (secondary N) is 2. The Labute approximate surface area is 110 Å². The van der Waals surface area contributed by atoms with E-state index in [2.05, 4.69) is 20.6 Å². The lowest BCUT2D eigenvalue weighted by molar-refractivity contribution is -0.122. The van der Waals surface area contributed by atoms with E-state index >= 15 is 0 Å². The van der Waals surface area contributed by atoms with Crippen molar-refractivity contribution in [2.75, 3.05) is 26.0 Å². The van der Waals surface area contributed by atoms with Gasteiger partial charge in [0.2, 0.25) is 5.91 Å². The molecule has 0 aliphatic carbocycles. The Morgan fingerprint density at radius 2 is 2.16 bits per heavy atom. The van der Waals surface area contributed by atoms with Crippen LogP contribution >= 0.6 is 0 Å². The minimum atomic E-state index is -0.677. The van der Waals surface area contributed by atoms with Crippen LogP contribution in [0.25, 0.3) is 0 Å². The fourth-order valence-electron chi connectivity index (χ4n) is 1.22. The van der Waals surface area contributed by atoms with Gasteiger partial charge in [0.1, 0.15) is 17.6 Å². The maximum absolute atomic E-state index is 11.7. The highest BCUT2D eigenvalue weighted by molar-refractivity contribution is 5.95. The van der Waals surface area contributed by atoms with Crippen molar-refractivity contribution >= 4 is 17.6 Å². The van der Waals surface area contributed by atoms with Gasteiger partial charge in [-0.25, -0.2) is 9.97 Å². The van der Waals surface area contributed by atoms with Crippen LogP contribution in [0.1, 0.15) is 17.4 Å². The summed E-state index contributed by atoms with van der Waals surface area (Å²) in [5.74, 6) is -0.558. The Morgan fingerprint density at radius 1 is 1.42 bits per heavy atom. The zero-order chi connectivity index (χ0) is 14.3. The summed E-state index contributed by atoms with van der Waals surface area (Å²) in [5, 5.41) is 5.12. The summed E-state index contributed by atoms with van der Waals surface area (Å²) in [4.78, 5) is 30.9. The van der Waals surface area contributed by atoms with Gasteiger partial charge in [-0.3, -0.25) is 9.59 Å². The average molecular weight is 267 g/mol. The first kappa shape index (κ1) is 14.8. The summed E-state index contributed by atoms with van der Waals surface area (Å²) in [6.45, 7) is 2.37. The smallest absolute Gasteiger partial charge is 0.272 e.